The van der Waals surface area contributed by atoms with Crippen molar-refractivity contribution in [1.82, 2.24) is 14.8 Å². The van der Waals surface area contributed by atoms with Crippen molar-refractivity contribution in [3.8, 4) is 0 Å². The van der Waals surface area contributed by atoms with Crippen LogP contribution in [0.15, 0.2) is 84.7 Å². The minimum absolute atomic E-state index is 0.217. The summed E-state index contributed by atoms with van der Waals surface area (Å²) >= 11 is 0. The number of aromatic nitrogens is 1. The SMILES string of the molecule is Cc1ccc(C2=C(N3CCN(c4ccccn4)CC3)C(=O)N(Cc3ccccc3)C2=O)cc1. The van der Waals surface area contributed by atoms with Gasteiger partial charge in [0, 0.05) is 32.4 Å². The van der Waals surface area contributed by atoms with E-state index in [1.165, 1.54) is 4.90 Å². The third-order valence-electron chi connectivity index (χ3n) is 6.24. The zero-order valence-electron chi connectivity index (χ0n) is 18.6. The molecule has 1 aromatic heterocycles. The first-order chi connectivity index (χ1) is 16.1. The lowest BCUT2D eigenvalue weighted by Gasteiger charge is -2.37. The van der Waals surface area contributed by atoms with Gasteiger partial charge in [-0.15, -0.1) is 0 Å². The molecule has 6 nitrogen and oxygen atoms in total. The Morgan fingerprint density at radius 3 is 2.09 bits per heavy atom. The van der Waals surface area contributed by atoms with Crippen molar-refractivity contribution in [2.75, 3.05) is 31.1 Å². The molecule has 166 valence electrons. The van der Waals surface area contributed by atoms with Crippen molar-refractivity contribution in [2.45, 2.75) is 13.5 Å². The van der Waals surface area contributed by atoms with E-state index in [2.05, 4.69) is 14.8 Å². The lowest BCUT2D eigenvalue weighted by molar-refractivity contribution is -0.138. The van der Waals surface area contributed by atoms with Crippen molar-refractivity contribution in [2.24, 2.45) is 0 Å². The molecule has 2 aromatic carbocycles. The highest BCUT2D eigenvalue weighted by atomic mass is 16.2. The summed E-state index contributed by atoms with van der Waals surface area (Å²) in [5, 5.41) is 0. The molecule has 5 rings (SSSR count). The van der Waals surface area contributed by atoms with Crippen LogP contribution in [0.5, 0.6) is 0 Å². The minimum atomic E-state index is -0.227. The van der Waals surface area contributed by atoms with Gasteiger partial charge in [-0.1, -0.05) is 66.2 Å². The Balaban J connectivity index is 1.45. The zero-order chi connectivity index (χ0) is 22.8. The second-order valence-electron chi connectivity index (χ2n) is 8.43. The summed E-state index contributed by atoms with van der Waals surface area (Å²) in [4.78, 5) is 37.3. The fourth-order valence-corrected chi connectivity index (χ4v) is 4.45. The van der Waals surface area contributed by atoms with Crippen LogP contribution in [0, 0.1) is 6.92 Å². The Bertz CT molecular complexity index is 1180. The first-order valence-corrected chi connectivity index (χ1v) is 11.2. The van der Waals surface area contributed by atoms with E-state index in [0.717, 1.165) is 35.6 Å². The summed E-state index contributed by atoms with van der Waals surface area (Å²) in [5.74, 6) is 0.491. The average Bonchev–Trinajstić information content (AvgIpc) is 3.11. The molecule has 2 aliphatic heterocycles. The molecule has 3 heterocycles. The van der Waals surface area contributed by atoms with Crippen molar-refractivity contribution in [3.05, 3.63) is 101 Å². The standard InChI is InChI=1S/C27H26N4O2/c1-20-10-12-22(13-11-20)24-25(27(33)31(26(24)32)19-21-7-3-2-4-8-21)30-17-15-29(16-18-30)23-9-5-6-14-28-23/h2-14H,15-19H2,1H3. The second kappa shape index (κ2) is 8.90. The molecular formula is C27H26N4O2. The normalized spacial score (nSPS) is 16.7. The van der Waals surface area contributed by atoms with Gasteiger partial charge in [0.2, 0.25) is 0 Å². The molecule has 0 spiro atoms. The van der Waals surface area contributed by atoms with Crippen LogP contribution in [0.25, 0.3) is 5.57 Å². The van der Waals surface area contributed by atoms with Crippen LogP contribution in [0.2, 0.25) is 0 Å². The Kier molecular flexibility index (Phi) is 5.65. The first-order valence-electron chi connectivity index (χ1n) is 11.2. The van der Waals surface area contributed by atoms with Crippen LogP contribution in [0.1, 0.15) is 16.7 Å². The maximum absolute atomic E-state index is 13.6. The van der Waals surface area contributed by atoms with Crippen molar-refractivity contribution < 1.29 is 9.59 Å². The molecular weight excluding hydrogens is 412 g/mol. The topological polar surface area (TPSA) is 56.8 Å². The smallest absolute Gasteiger partial charge is 0.278 e. The van der Waals surface area contributed by atoms with Gasteiger partial charge in [0.1, 0.15) is 11.5 Å². The number of benzene rings is 2. The van der Waals surface area contributed by atoms with Crippen LogP contribution >= 0.6 is 0 Å². The molecule has 1 fully saturated rings. The van der Waals surface area contributed by atoms with Crippen LogP contribution in [0.4, 0.5) is 5.82 Å². The van der Waals surface area contributed by atoms with Gasteiger partial charge in [0.05, 0.1) is 12.1 Å². The van der Waals surface area contributed by atoms with Gasteiger partial charge in [0.25, 0.3) is 11.8 Å². The lowest BCUT2D eigenvalue weighted by Crippen LogP contribution is -2.47. The van der Waals surface area contributed by atoms with E-state index in [-0.39, 0.29) is 18.4 Å². The van der Waals surface area contributed by atoms with Crippen molar-refractivity contribution in [1.29, 1.82) is 0 Å². The van der Waals surface area contributed by atoms with Gasteiger partial charge in [-0.05, 0) is 30.2 Å². The highest BCUT2D eigenvalue weighted by Crippen LogP contribution is 2.33. The number of hydrogen-bond donors (Lipinski definition) is 0. The van der Waals surface area contributed by atoms with Gasteiger partial charge >= 0.3 is 0 Å². The molecule has 0 radical (unpaired) electrons. The largest absolute Gasteiger partial charge is 0.363 e. The first kappa shape index (κ1) is 20.9. The summed E-state index contributed by atoms with van der Waals surface area (Å²) in [7, 11) is 0. The second-order valence-corrected chi connectivity index (χ2v) is 8.43. The Morgan fingerprint density at radius 2 is 1.42 bits per heavy atom. The van der Waals surface area contributed by atoms with E-state index in [1.807, 2.05) is 79.7 Å². The molecule has 6 heteroatoms. The molecule has 1 saturated heterocycles. The fraction of sp³-hybridized carbons (Fsp3) is 0.222. The average molecular weight is 439 g/mol. The molecule has 0 aliphatic carbocycles. The highest BCUT2D eigenvalue weighted by Gasteiger charge is 2.42. The number of amides is 2. The fourth-order valence-electron chi connectivity index (χ4n) is 4.45. The third-order valence-corrected chi connectivity index (χ3v) is 6.24. The van der Waals surface area contributed by atoms with E-state index in [1.54, 1.807) is 6.20 Å². The zero-order valence-corrected chi connectivity index (χ0v) is 18.6. The van der Waals surface area contributed by atoms with Crippen molar-refractivity contribution in [3.63, 3.8) is 0 Å². The van der Waals surface area contributed by atoms with Crippen molar-refractivity contribution >= 4 is 23.2 Å². The highest BCUT2D eigenvalue weighted by molar-refractivity contribution is 6.35. The van der Waals surface area contributed by atoms with Crippen LogP contribution in [-0.4, -0.2) is 52.8 Å². The Labute approximate surface area is 193 Å². The van der Waals surface area contributed by atoms with E-state index in [0.29, 0.717) is 24.4 Å². The molecule has 0 atom stereocenters. The van der Waals surface area contributed by atoms with E-state index < -0.39 is 0 Å². The van der Waals surface area contributed by atoms with Gasteiger partial charge in [-0.2, -0.15) is 0 Å². The maximum atomic E-state index is 13.6. The summed E-state index contributed by atoms with van der Waals surface area (Å²) < 4.78 is 0. The van der Waals surface area contributed by atoms with Gasteiger partial charge in [-0.3, -0.25) is 14.5 Å². The molecule has 0 N–H and O–H groups in total. The number of imide groups is 1. The number of pyridine rings is 1. The van der Waals surface area contributed by atoms with Gasteiger partial charge in [0.15, 0.2) is 0 Å². The van der Waals surface area contributed by atoms with Crippen LogP contribution < -0.4 is 4.90 Å². The van der Waals surface area contributed by atoms with Crippen LogP contribution in [0.3, 0.4) is 0 Å². The number of aryl methyl sites for hydroxylation is 1. The van der Waals surface area contributed by atoms with E-state index in [4.69, 9.17) is 0 Å². The number of carbonyl (C=O) groups excluding carboxylic acids is 2. The number of rotatable bonds is 5. The summed E-state index contributed by atoms with van der Waals surface area (Å²) in [6.45, 7) is 5.06. The number of hydrogen-bond acceptors (Lipinski definition) is 5. The lowest BCUT2D eigenvalue weighted by atomic mass is 10.0. The molecule has 0 bridgehead atoms. The molecule has 33 heavy (non-hydrogen) atoms. The molecule has 3 aromatic rings. The van der Waals surface area contributed by atoms with Gasteiger partial charge in [-0.25, -0.2) is 4.98 Å². The predicted molar refractivity (Wildman–Crippen MR) is 128 cm³/mol. The number of piperazine rings is 1. The third kappa shape index (κ3) is 4.12. The summed E-state index contributed by atoms with van der Waals surface area (Å²) in [6.07, 6.45) is 1.79. The molecule has 2 amide bonds. The quantitative estimate of drug-likeness (QED) is 0.571. The monoisotopic (exact) mass is 438 g/mol. The number of anilines is 1. The Hall–Kier alpha value is -3.93. The number of carbonyl (C=O) groups is 2. The van der Waals surface area contributed by atoms with E-state index in [9.17, 15) is 9.59 Å². The van der Waals surface area contributed by atoms with Gasteiger partial charge < -0.3 is 9.80 Å². The van der Waals surface area contributed by atoms with E-state index >= 15 is 0 Å². The number of nitrogens with zero attached hydrogens (tertiary/aromatic N) is 4. The summed E-state index contributed by atoms with van der Waals surface area (Å²) in [6, 6.07) is 23.4. The molecule has 2 aliphatic rings. The molecule has 0 unspecified atom stereocenters. The maximum Gasteiger partial charge on any atom is 0.278 e. The predicted octanol–water partition coefficient (Wildman–Crippen LogP) is 3.49. The minimum Gasteiger partial charge on any atom is -0.363 e. The Morgan fingerprint density at radius 1 is 0.758 bits per heavy atom. The molecule has 0 saturated carbocycles. The summed E-state index contributed by atoms with van der Waals surface area (Å²) in [5.41, 5.74) is 3.85. The van der Waals surface area contributed by atoms with Crippen LogP contribution in [-0.2, 0) is 16.1 Å².